The van der Waals surface area contributed by atoms with Crippen molar-refractivity contribution >= 4 is 17.1 Å². The number of pyridine rings is 1. The summed E-state index contributed by atoms with van der Waals surface area (Å²) >= 11 is 0. The highest BCUT2D eigenvalue weighted by Gasteiger charge is 1.94. The molecule has 3 N–H and O–H groups in total. The quantitative estimate of drug-likeness (QED) is 0.723. The minimum atomic E-state index is 0.558. The van der Waals surface area contributed by atoms with Crippen LogP contribution in [0.2, 0.25) is 0 Å². The van der Waals surface area contributed by atoms with E-state index in [4.69, 9.17) is 5.73 Å². The van der Waals surface area contributed by atoms with Gasteiger partial charge >= 0.3 is 0 Å². The maximum Gasteiger partial charge on any atom is 0.0879 e. The summed E-state index contributed by atoms with van der Waals surface area (Å²) in [4.78, 5) is 7.38. The van der Waals surface area contributed by atoms with Crippen molar-refractivity contribution in [3.8, 4) is 0 Å². The van der Waals surface area contributed by atoms with Crippen LogP contribution in [0.25, 0.3) is 17.1 Å². The maximum absolute atomic E-state index is 5.35. The molecule has 2 heterocycles. The maximum atomic E-state index is 5.35. The first kappa shape index (κ1) is 8.01. The highest BCUT2D eigenvalue weighted by atomic mass is 14.7. The number of hydrogen-bond donors (Lipinski definition) is 2. The Bertz CT molecular complexity index is 428. The van der Waals surface area contributed by atoms with E-state index in [-0.39, 0.29) is 0 Å². The Morgan fingerprint density at radius 2 is 2.46 bits per heavy atom. The molecule has 0 aliphatic carbocycles. The standard InChI is InChI=1S/C10H11N3/c11-4-1-2-8-6-10-9(13-7-8)3-5-12-10/h1-3,5-7,12H,4,11H2. The van der Waals surface area contributed by atoms with Crippen molar-refractivity contribution in [1.82, 2.24) is 9.97 Å². The number of fused-ring (bicyclic) bond motifs is 1. The van der Waals surface area contributed by atoms with Gasteiger partial charge in [0.05, 0.1) is 11.0 Å². The second kappa shape index (κ2) is 3.41. The summed E-state index contributed by atoms with van der Waals surface area (Å²) in [5, 5.41) is 0. The molecule has 2 aromatic rings. The first-order chi connectivity index (χ1) is 6.40. The summed E-state index contributed by atoms with van der Waals surface area (Å²) in [7, 11) is 0. The fourth-order valence-electron chi connectivity index (χ4n) is 1.25. The van der Waals surface area contributed by atoms with Crippen LogP contribution in [0.5, 0.6) is 0 Å². The minimum Gasteiger partial charge on any atom is -0.360 e. The Morgan fingerprint density at radius 3 is 3.31 bits per heavy atom. The fourth-order valence-corrected chi connectivity index (χ4v) is 1.25. The van der Waals surface area contributed by atoms with E-state index in [2.05, 4.69) is 16.0 Å². The van der Waals surface area contributed by atoms with Gasteiger partial charge in [-0.05, 0) is 17.7 Å². The van der Waals surface area contributed by atoms with Gasteiger partial charge < -0.3 is 10.7 Å². The number of H-pyrrole nitrogens is 1. The molecule has 0 atom stereocenters. The minimum absolute atomic E-state index is 0.558. The van der Waals surface area contributed by atoms with E-state index < -0.39 is 0 Å². The third kappa shape index (κ3) is 1.60. The molecule has 0 amide bonds. The van der Waals surface area contributed by atoms with E-state index in [1.54, 1.807) is 0 Å². The molecule has 66 valence electrons. The van der Waals surface area contributed by atoms with Gasteiger partial charge in [-0.3, -0.25) is 4.98 Å². The lowest BCUT2D eigenvalue weighted by Crippen LogP contribution is -1.92. The van der Waals surface area contributed by atoms with Gasteiger partial charge in [0.15, 0.2) is 0 Å². The average Bonchev–Trinajstić information content (AvgIpc) is 2.61. The van der Waals surface area contributed by atoms with E-state index >= 15 is 0 Å². The summed E-state index contributed by atoms with van der Waals surface area (Å²) in [5.41, 5.74) is 8.47. The van der Waals surface area contributed by atoms with Gasteiger partial charge in [-0.15, -0.1) is 0 Å². The SMILES string of the molecule is NCC=Cc1cnc2cc[nH]c2c1. The monoisotopic (exact) mass is 173 g/mol. The zero-order valence-electron chi connectivity index (χ0n) is 7.20. The van der Waals surface area contributed by atoms with Crippen LogP contribution in [-0.2, 0) is 0 Å². The molecule has 2 aromatic heterocycles. The summed E-state index contributed by atoms with van der Waals surface area (Å²) in [6.45, 7) is 0.558. The van der Waals surface area contributed by atoms with Crippen LogP contribution in [0.15, 0.2) is 30.6 Å². The highest BCUT2D eigenvalue weighted by Crippen LogP contribution is 2.11. The number of aromatic nitrogens is 2. The highest BCUT2D eigenvalue weighted by molar-refractivity contribution is 5.77. The summed E-state index contributed by atoms with van der Waals surface area (Å²) in [6.07, 6.45) is 7.59. The fraction of sp³-hybridized carbons (Fsp3) is 0.100. The van der Waals surface area contributed by atoms with Crippen molar-refractivity contribution in [2.75, 3.05) is 6.54 Å². The van der Waals surface area contributed by atoms with Crippen LogP contribution in [0, 0.1) is 0 Å². The first-order valence-corrected chi connectivity index (χ1v) is 4.20. The Balaban J connectivity index is 2.42. The van der Waals surface area contributed by atoms with Crippen LogP contribution in [0.1, 0.15) is 5.56 Å². The van der Waals surface area contributed by atoms with E-state index in [1.807, 2.05) is 30.6 Å². The van der Waals surface area contributed by atoms with Gasteiger partial charge in [0, 0.05) is 18.9 Å². The Hall–Kier alpha value is -1.61. The van der Waals surface area contributed by atoms with E-state index in [0.29, 0.717) is 6.54 Å². The van der Waals surface area contributed by atoms with Crippen LogP contribution in [0.4, 0.5) is 0 Å². The summed E-state index contributed by atoms with van der Waals surface area (Å²) in [5.74, 6) is 0. The number of aromatic amines is 1. The van der Waals surface area contributed by atoms with E-state index in [0.717, 1.165) is 16.6 Å². The summed E-state index contributed by atoms with van der Waals surface area (Å²) in [6, 6.07) is 4.00. The van der Waals surface area contributed by atoms with Crippen molar-refractivity contribution < 1.29 is 0 Å². The van der Waals surface area contributed by atoms with Crippen molar-refractivity contribution in [3.05, 3.63) is 36.2 Å². The number of nitrogens with one attached hydrogen (secondary N) is 1. The normalized spacial score (nSPS) is 11.5. The Kier molecular flexibility index (Phi) is 2.10. The summed E-state index contributed by atoms with van der Waals surface area (Å²) < 4.78 is 0. The van der Waals surface area contributed by atoms with Gasteiger partial charge in [-0.2, -0.15) is 0 Å². The lowest BCUT2D eigenvalue weighted by molar-refractivity contribution is 1.26. The Morgan fingerprint density at radius 1 is 1.54 bits per heavy atom. The number of nitrogens with zero attached hydrogens (tertiary/aromatic N) is 1. The first-order valence-electron chi connectivity index (χ1n) is 4.20. The van der Waals surface area contributed by atoms with E-state index in [9.17, 15) is 0 Å². The zero-order valence-corrected chi connectivity index (χ0v) is 7.20. The Labute approximate surface area is 76.3 Å². The molecule has 0 bridgehead atoms. The molecular formula is C10H11N3. The molecule has 0 saturated carbocycles. The third-order valence-corrected chi connectivity index (χ3v) is 1.87. The van der Waals surface area contributed by atoms with Crippen LogP contribution in [-0.4, -0.2) is 16.5 Å². The molecule has 0 radical (unpaired) electrons. The second-order valence-electron chi connectivity index (χ2n) is 2.82. The van der Waals surface area contributed by atoms with Gasteiger partial charge in [0.25, 0.3) is 0 Å². The molecule has 0 spiro atoms. The molecular weight excluding hydrogens is 162 g/mol. The van der Waals surface area contributed by atoms with Gasteiger partial charge in [-0.25, -0.2) is 0 Å². The topological polar surface area (TPSA) is 54.7 Å². The van der Waals surface area contributed by atoms with E-state index in [1.165, 1.54) is 0 Å². The molecule has 13 heavy (non-hydrogen) atoms. The van der Waals surface area contributed by atoms with Gasteiger partial charge in [0.1, 0.15) is 0 Å². The lowest BCUT2D eigenvalue weighted by atomic mass is 10.2. The van der Waals surface area contributed by atoms with Crippen molar-refractivity contribution in [3.63, 3.8) is 0 Å². The smallest absolute Gasteiger partial charge is 0.0879 e. The molecule has 3 heteroatoms. The molecule has 0 saturated heterocycles. The largest absolute Gasteiger partial charge is 0.360 e. The number of hydrogen-bond acceptors (Lipinski definition) is 2. The van der Waals surface area contributed by atoms with Crippen LogP contribution < -0.4 is 5.73 Å². The molecule has 2 rings (SSSR count). The van der Waals surface area contributed by atoms with Crippen molar-refractivity contribution in [2.45, 2.75) is 0 Å². The van der Waals surface area contributed by atoms with Gasteiger partial charge in [0.2, 0.25) is 0 Å². The average molecular weight is 173 g/mol. The lowest BCUT2D eigenvalue weighted by Gasteiger charge is -1.92. The molecule has 0 aromatic carbocycles. The predicted octanol–water partition coefficient (Wildman–Crippen LogP) is 1.53. The molecule has 0 unspecified atom stereocenters. The predicted molar refractivity (Wildman–Crippen MR) is 54.2 cm³/mol. The van der Waals surface area contributed by atoms with Gasteiger partial charge in [-0.1, -0.05) is 12.2 Å². The third-order valence-electron chi connectivity index (χ3n) is 1.87. The van der Waals surface area contributed by atoms with Crippen molar-refractivity contribution in [2.24, 2.45) is 5.73 Å². The van der Waals surface area contributed by atoms with Crippen LogP contribution in [0.3, 0.4) is 0 Å². The molecule has 0 fully saturated rings. The number of rotatable bonds is 2. The molecule has 3 nitrogen and oxygen atoms in total. The molecule has 0 aliphatic rings. The van der Waals surface area contributed by atoms with Crippen LogP contribution >= 0.6 is 0 Å². The zero-order chi connectivity index (χ0) is 9.10. The van der Waals surface area contributed by atoms with Crippen molar-refractivity contribution in [1.29, 1.82) is 0 Å². The second-order valence-corrected chi connectivity index (χ2v) is 2.82. The number of nitrogens with two attached hydrogens (primary N) is 1. The molecule has 0 aliphatic heterocycles.